The topological polar surface area (TPSA) is 92.5 Å². The van der Waals surface area contributed by atoms with Crippen LogP contribution in [-0.2, 0) is 16.4 Å². The van der Waals surface area contributed by atoms with Crippen LogP contribution < -0.4 is 15.4 Å². The van der Waals surface area contributed by atoms with Crippen molar-refractivity contribution >= 4 is 21.7 Å². The van der Waals surface area contributed by atoms with Crippen molar-refractivity contribution in [3.05, 3.63) is 23.8 Å². The fourth-order valence-corrected chi connectivity index (χ4v) is 3.17. The Morgan fingerprint density at radius 3 is 2.77 bits per heavy atom. The standard InChI is InChI=1S/C15H23N3O3S/c1-2-3-4-5-9-17-15(19)18-10-8-12-11-13(22(16,20)21)6-7-14(12)18/h6-7,11H,2-5,8-10H2,1H3,(H,17,19)(H2,16,20,21). The molecule has 0 spiro atoms. The molecule has 22 heavy (non-hydrogen) atoms. The summed E-state index contributed by atoms with van der Waals surface area (Å²) in [5, 5.41) is 8.04. The number of fused-ring (bicyclic) bond motifs is 1. The number of hydrogen-bond acceptors (Lipinski definition) is 3. The van der Waals surface area contributed by atoms with Gasteiger partial charge in [0.2, 0.25) is 10.0 Å². The summed E-state index contributed by atoms with van der Waals surface area (Å²) >= 11 is 0. The zero-order valence-corrected chi connectivity index (χ0v) is 13.7. The highest BCUT2D eigenvalue weighted by Gasteiger charge is 2.25. The zero-order valence-electron chi connectivity index (χ0n) is 12.8. The number of nitrogens with one attached hydrogen (secondary N) is 1. The van der Waals surface area contributed by atoms with Gasteiger partial charge in [-0.05, 0) is 36.6 Å². The maximum absolute atomic E-state index is 12.2. The minimum absolute atomic E-state index is 0.0908. The smallest absolute Gasteiger partial charge is 0.321 e. The van der Waals surface area contributed by atoms with Gasteiger partial charge in [-0.1, -0.05) is 26.2 Å². The van der Waals surface area contributed by atoms with Crippen LogP contribution in [0.1, 0.15) is 38.2 Å². The second-order valence-corrected chi connectivity index (χ2v) is 7.09. The van der Waals surface area contributed by atoms with Crippen LogP contribution in [0.4, 0.5) is 10.5 Å². The Kier molecular flexibility index (Phi) is 5.42. The number of urea groups is 1. The summed E-state index contributed by atoms with van der Waals surface area (Å²) in [6.45, 7) is 3.37. The van der Waals surface area contributed by atoms with Gasteiger partial charge in [0.15, 0.2) is 0 Å². The number of hydrogen-bond donors (Lipinski definition) is 2. The summed E-state index contributed by atoms with van der Waals surface area (Å²) in [6.07, 6.45) is 5.08. The van der Waals surface area contributed by atoms with Crippen LogP contribution in [0.5, 0.6) is 0 Å². The molecular formula is C15H23N3O3S. The van der Waals surface area contributed by atoms with E-state index in [2.05, 4.69) is 12.2 Å². The van der Waals surface area contributed by atoms with Crippen molar-refractivity contribution in [2.75, 3.05) is 18.0 Å². The average molecular weight is 325 g/mol. The Bertz CT molecular complexity index is 643. The third kappa shape index (κ3) is 3.98. The number of amides is 2. The third-order valence-electron chi connectivity index (χ3n) is 3.83. The Morgan fingerprint density at radius 2 is 2.09 bits per heavy atom. The molecule has 6 nitrogen and oxygen atoms in total. The Labute approximate surface area is 131 Å². The van der Waals surface area contributed by atoms with Crippen molar-refractivity contribution in [3.8, 4) is 0 Å². The monoisotopic (exact) mass is 325 g/mol. The van der Waals surface area contributed by atoms with Gasteiger partial charge in [0, 0.05) is 18.8 Å². The molecular weight excluding hydrogens is 302 g/mol. The van der Waals surface area contributed by atoms with E-state index < -0.39 is 10.0 Å². The van der Waals surface area contributed by atoms with Crippen LogP contribution in [0, 0.1) is 0 Å². The average Bonchev–Trinajstić information content (AvgIpc) is 2.89. The highest BCUT2D eigenvalue weighted by molar-refractivity contribution is 7.89. The summed E-state index contributed by atoms with van der Waals surface area (Å²) in [5.41, 5.74) is 1.60. The van der Waals surface area contributed by atoms with Crippen LogP contribution in [-0.4, -0.2) is 27.5 Å². The first kappa shape index (κ1) is 16.8. The van der Waals surface area contributed by atoms with Gasteiger partial charge in [-0.3, -0.25) is 4.90 Å². The summed E-state index contributed by atoms with van der Waals surface area (Å²) < 4.78 is 22.7. The third-order valence-corrected chi connectivity index (χ3v) is 4.74. The zero-order chi connectivity index (χ0) is 16.2. The van der Waals surface area contributed by atoms with Gasteiger partial charge in [0.05, 0.1) is 4.90 Å². The molecule has 0 fully saturated rings. The van der Waals surface area contributed by atoms with Crippen molar-refractivity contribution in [3.63, 3.8) is 0 Å². The van der Waals surface area contributed by atoms with Crippen molar-refractivity contribution in [2.24, 2.45) is 5.14 Å². The van der Waals surface area contributed by atoms with Gasteiger partial charge in [0.25, 0.3) is 0 Å². The second kappa shape index (κ2) is 7.11. The molecule has 1 aliphatic rings. The van der Waals surface area contributed by atoms with E-state index in [1.165, 1.54) is 18.9 Å². The molecule has 1 aromatic carbocycles. The minimum atomic E-state index is -3.70. The molecule has 122 valence electrons. The molecule has 7 heteroatoms. The molecule has 1 heterocycles. The molecule has 0 atom stereocenters. The predicted octanol–water partition coefficient (Wildman–Crippen LogP) is 1.99. The molecule has 3 N–H and O–H groups in total. The van der Waals surface area contributed by atoms with E-state index in [1.54, 1.807) is 17.0 Å². The number of carbonyl (C=O) groups is 1. The van der Waals surface area contributed by atoms with Gasteiger partial charge in [-0.15, -0.1) is 0 Å². The van der Waals surface area contributed by atoms with Crippen molar-refractivity contribution in [2.45, 2.75) is 43.9 Å². The number of rotatable bonds is 6. The van der Waals surface area contributed by atoms with Crippen LogP contribution >= 0.6 is 0 Å². The normalized spacial score (nSPS) is 14.0. The molecule has 0 saturated heterocycles. The van der Waals surface area contributed by atoms with Gasteiger partial charge in [-0.2, -0.15) is 0 Å². The predicted molar refractivity (Wildman–Crippen MR) is 86.4 cm³/mol. The maximum Gasteiger partial charge on any atom is 0.321 e. The van der Waals surface area contributed by atoms with Crippen LogP contribution in [0.2, 0.25) is 0 Å². The van der Waals surface area contributed by atoms with Crippen molar-refractivity contribution in [1.29, 1.82) is 0 Å². The lowest BCUT2D eigenvalue weighted by Crippen LogP contribution is -2.39. The van der Waals surface area contributed by atoms with Gasteiger partial charge in [0.1, 0.15) is 0 Å². The van der Waals surface area contributed by atoms with Crippen molar-refractivity contribution < 1.29 is 13.2 Å². The number of nitrogens with two attached hydrogens (primary N) is 1. The van der Waals surface area contributed by atoms with E-state index in [-0.39, 0.29) is 10.9 Å². The number of sulfonamides is 1. The van der Waals surface area contributed by atoms with Gasteiger partial charge in [-0.25, -0.2) is 18.4 Å². The number of primary sulfonamides is 1. The fraction of sp³-hybridized carbons (Fsp3) is 0.533. The highest BCUT2D eigenvalue weighted by Crippen LogP contribution is 2.29. The Morgan fingerprint density at radius 1 is 1.32 bits per heavy atom. The van der Waals surface area contributed by atoms with Crippen LogP contribution in [0.3, 0.4) is 0 Å². The quantitative estimate of drug-likeness (QED) is 0.783. The molecule has 2 rings (SSSR count). The molecule has 0 saturated carbocycles. The molecule has 1 aromatic rings. The molecule has 1 aliphatic heterocycles. The molecule has 0 unspecified atom stereocenters. The molecule has 0 aromatic heterocycles. The highest BCUT2D eigenvalue weighted by atomic mass is 32.2. The fourth-order valence-electron chi connectivity index (χ4n) is 2.61. The number of unbranched alkanes of at least 4 members (excludes halogenated alkanes) is 3. The summed E-state index contributed by atoms with van der Waals surface area (Å²) in [6, 6.07) is 4.53. The first-order valence-corrected chi connectivity index (χ1v) is 9.19. The van der Waals surface area contributed by atoms with Crippen LogP contribution in [0.25, 0.3) is 0 Å². The second-order valence-electron chi connectivity index (χ2n) is 5.53. The number of nitrogens with zero attached hydrogens (tertiary/aromatic N) is 1. The number of anilines is 1. The van der Waals surface area contributed by atoms with E-state index in [9.17, 15) is 13.2 Å². The van der Waals surface area contributed by atoms with E-state index in [0.717, 1.165) is 24.1 Å². The first-order chi connectivity index (χ1) is 10.4. The Hall–Kier alpha value is -1.60. The largest absolute Gasteiger partial charge is 0.338 e. The van der Waals surface area contributed by atoms with Crippen LogP contribution in [0.15, 0.2) is 23.1 Å². The van der Waals surface area contributed by atoms with Gasteiger partial charge < -0.3 is 5.32 Å². The summed E-state index contributed by atoms with van der Waals surface area (Å²) in [5.74, 6) is 0. The summed E-state index contributed by atoms with van der Waals surface area (Å²) in [4.78, 5) is 13.9. The minimum Gasteiger partial charge on any atom is -0.338 e. The lowest BCUT2D eigenvalue weighted by molar-refractivity contribution is 0.246. The number of carbonyl (C=O) groups excluding carboxylic acids is 1. The van der Waals surface area contributed by atoms with E-state index >= 15 is 0 Å². The van der Waals surface area contributed by atoms with E-state index in [1.807, 2.05) is 0 Å². The Balaban J connectivity index is 1.98. The first-order valence-electron chi connectivity index (χ1n) is 7.64. The SMILES string of the molecule is CCCCCCNC(=O)N1CCc2cc(S(N)(=O)=O)ccc21. The molecule has 2 amide bonds. The maximum atomic E-state index is 12.2. The molecule has 0 bridgehead atoms. The summed E-state index contributed by atoms with van der Waals surface area (Å²) in [7, 11) is -3.70. The molecule has 0 radical (unpaired) electrons. The lowest BCUT2D eigenvalue weighted by Gasteiger charge is -2.18. The lowest BCUT2D eigenvalue weighted by atomic mass is 10.2. The molecule has 0 aliphatic carbocycles. The van der Waals surface area contributed by atoms with E-state index in [4.69, 9.17) is 5.14 Å². The van der Waals surface area contributed by atoms with Crippen molar-refractivity contribution in [1.82, 2.24) is 5.32 Å². The van der Waals surface area contributed by atoms with E-state index in [0.29, 0.717) is 19.5 Å². The number of benzene rings is 1. The van der Waals surface area contributed by atoms with Gasteiger partial charge >= 0.3 is 6.03 Å².